The highest BCUT2D eigenvalue weighted by Gasteiger charge is 2.26. The molecule has 1 heterocycles. The van der Waals surface area contributed by atoms with E-state index in [0.717, 1.165) is 43.7 Å². The predicted molar refractivity (Wildman–Crippen MR) is 132 cm³/mol. The molecule has 28 heavy (non-hydrogen) atoms. The van der Waals surface area contributed by atoms with Gasteiger partial charge in [-0.15, -0.1) is 24.0 Å². The van der Waals surface area contributed by atoms with E-state index in [9.17, 15) is 12.6 Å². The summed E-state index contributed by atoms with van der Waals surface area (Å²) < 4.78 is 38.6. The third-order valence-electron chi connectivity index (χ3n) is 4.95. The van der Waals surface area contributed by atoms with Crippen LogP contribution < -0.4 is 10.6 Å². The first-order valence-electron chi connectivity index (χ1n) is 9.93. The van der Waals surface area contributed by atoms with Gasteiger partial charge in [0, 0.05) is 59.0 Å². The van der Waals surface area contributed by atoms with Crippen LogP contribution in [0.25, 0.3) is 0 Å². The summed E-state index contributed by atoms with van der Waals surface area (Å²) in [4.78, 5) is 4.49. The van der Waals surface area contributed by atoms with Crippen LogP contribution >= 0.6 is 35.7 Å². The summed E-state index contributed by atoms with van der Waals surface area (Å²) in [6.07, 6.45) is 4.01. The molecule has 2 N–H and O–H groups in total. The van der Waals surface area contributed by atoms with Crippen molar-refractivity contribution in [3.8, 4) is 0 Å². The molecule has 0 amide bonds. The Labute approximate surface area is 194 Å². The SMILES string of the molecule is CCNC(=NCCS(=O)(=O)N1CCSCC1)NC1CCCC(S(=O)CC)C1.I. The van der Waals surface area contributed by atoms with Crippen molar-refractivity contribution in [3.05, 3.63) is 0 Å². The summed E-state index contributed by atoms with van der Waals surface area (Å²) in [5.74, 6) is 3.15. The quantitative estimate of drug-likeness (QED) is 0.264. The smallest absolute Gasteiger partial charge is 0.215 e. The average Bonchev–Trinajstić information content (AvgIpc) is 2.68. The normalized spacial score (nSPS) is 25.6. The highest BCUT2D eigenvalue weighted by Crippen LogP contribution is 2.23. The highest BCUT2D eigenvalue weighted by atomic mass is 127. The Bertz CT molecular complexity index is 613. The van der Waals surface area contributed by atoms with E-state index in [1.54, 1.807) is 16.1 Å². The minimum absolute atomic E-state index is 0. The lowest BCUT2D eigenvalue weighted by molar-refractivity contribution is 0.413. The lowest BCUT2D eigenvalue weighted by Gasteiger charge is -2.30. The second-order valence-electron chi connectivity index (χ2n) is 6.89. The number of aliphatic imine (C=N–C) groups is 1. The van der Waals surface area contributed by atoms with Crippen LogP contribution in [0.4, 0.5) is 0 Å². The molecule has 0 aromatic rings. The molecule has 0 bridgehead atoms. The van der Waals surface area contributed by atoms with E-state index in [0.29, 0.717) is 24.8 Å². The number of hydrogen-bond acceptors (Lipinski definition) is 5. The Morgan fingerprint density at radius 3 is 2.61 bits per heavy atom. The van der Waals surface area contributed by atoms with Gasteiger partial charge in [0.25, 0.3) is 0 Å². The summed E-state index contributed by atoms with van der Waals surface area (Å²) in [6.45, 7) is 6.15. The topological polar surface area (TPSA) is 90.9 Å². The van der Waals surface area contributed by atoms with Crippen LogP contribution in [0.15, 0.2) is 4.99 Å². The van der Waals surface area contributed by atoms with Crippen molar-refractivity contribution in [3.63, 3.8) is 0 Å². The fourth-order valence-electron chi connectivity index (χ4n) is 3.49. The van der Waals surface area contributed by atoms with Gasteiger partial charge in [0.15, 0.2) is 5.96 Å². The summed E-state index contributed by atoms with van der Waals surface area (Å²) in [6, 6.07) is 0.243. The Kier molecular flexibility index (Phi) is 12.9. The number of sulfonamides is 1. The van der Waals surface area contributed by atoms with Crippen LogP contribution in [0.3, 0.4) is 0 Å². The number of hydrogen-bond donors (Lipinski definition) is 2. The summed E-state index contributed by atoms with van der Waals surface area (Å²) >= 11 is 1.80. The van der Waals surface area contributed by atoms with Crippen LogP contribution in [0, 0.1) is 0 Å². The van der Waals surface area contributed by atoms with Gasteiger partial charge in [-0.25, -0.2) is 12.7 Å². The minimum atomic E-state index is -3.23. The van der Waals surface area contributed by atoms with Crippen molar-refractivity contribution in [2.45, 2.75) is 50.8 Å². The van der Waals surface area contributed by atoms with Crippen LogP contribution in [-0.4, -0.2) is 83.4 Å². The Hall–Kier alpha value is 0.410. The second kappa shape index (κ2) is 13.7. The Morgan fingerprint density at radius 1 is 1.25 bits per heavy atom. The summed E-state index contributed by atoms with van der Waals surface area (Å²) in [5.41, 5.74) is 0. The van der Waals surface area contributed by atoms with Gasteiger partial charge in [-0.2, -0.15) is 11.8 Å². The molecule has 2 aliphatic rings. The molecular weight excluding hydrogens is 531 g/mol. The van der Waals surface area contributed by atoms with Gasteiger partial charge in [0.05, 0.1) is 12.3 Å². The number of thioether (sulfide) groups is 1. The van der Waals surface area contributed by atoms with Gasteiger partial charge >= 0.3 is 0 Å². The molecule has 1 aliphatic heterocycles. The Balaban J connectivity index is 0.00000392. The molecule has 7 nitrogen and oxygen atoms in total. The highest BCUT2D eigenvalue weighted by molar-refractivity contribution is 14.0. The van der Waals surface area contributed by atoms with Crippen molar-refractivity contribution < 1.29 is 12.6 Å². The monoisotopic (exact) mass is 566 g/mol. The molecule has 3 atom stereocenters. The molecule has 3 unspecified atom stereocenters. The first kappa shape index (κ1) is 26.4. The zero-order valence-corrected chi connectivity index (χ0v) is 21.7. The predicted octanol–water partition coefficient (Wildman–Crippen LogP) is 1.62. The standard InChI is InChI=1S/C17H34N4O3S3.HI/c1-3-18-17(20-15-6-5-7-16(14-15)26(22)4-2)19-8-13-27(23,24)21-9-11-25-12-10-21;/h15-16H,3-14H2,1-2H3,(H2,18,19,20);1H. The summed E-state index contributed by atoms with van der Waals surface area (Å²) in [5, 5.41) is 6.88. The van der Waals surface area contributed by atoms with E-state index < -0.39 is 20.8 Å². The third-order valence-corrected chi connectivity index (χ3v) is 9.48. The zero-order valence-electron chi connectivity index (χ0n) is 16.9. The molecule has 0 spiro atoms. The molecule has 11 heteroatoms. The molecule has 1 saturated heterocycles. The average molecular weight is 567 g/mol. The molecule has 2 rings (SSSR count). The van der Waals surface area contributed by atoms with Crippen molar-refractivity contribution >= 4 is 62.5 Å². The molecule has 0 radical (unpaired) electrons. The maximum Gasteiger partial charge on any atom is 0.215 e. The number of nitrogens with zero attached hydrogens (tertiary/aromatic N) is 2. The van der Waals surface area contributed by atoms with Gasteiger partial charge in [-0.05, 0) is 26.2 Å². The largest absolute Gasteiger partial charge is 0.357 e. The number of guanidine groups is 1. The fraction of sp³-hybridized carbons (Fsp3) is 0.941. The van der Waals surface area contributed by atoms with Gasteiger partial charge in [0.1, 0.15) is 0 Å². The number of halogens is 1. The van der Waals surface area contributed by atoms with Crippen molar-refractivity contribution in [2.24, 2.45) is 4.99 Å². The van der Waals surface area contributed by atoms with Crippen molar-refractivity contribution in [1.29, 1.82) is 0 Å². The molecule has 1 saturated carbocycles. The van der Waals surface area contributed by atoms with E-state index >= 15 is 0 Å². The van der Waals surface area contributed by atoms with E-state index in [-0.39, 0.29) is 47.6 Å². The molecule has 166 valence electrons. The first-order valence-corrected chi connectivity index (χ1v) is 14.1. The summed E-state index contributed by atoms with van der Waals surface area (Å²) in [7, 11) is -3.99. The van der Waals surface area contributed by atoms with Gasteiger partial charge in [0.2, 0.25) is 10.0 Å². The van der Waals surface area contributed by atoms with Crippen LogP contribution in [0.2, 0.25) is 0 Å². The van der Waals surface area contributed by atoms with Crippen molar-refractivity contribution in [1.82, 2.24) is 14.9 Å². The Morgan fingerprint density at radius 2 is 1.96 bits per heavy atom. The van der Waals surface area contributed by atoms with Crippen LogP contribution in [0.1, 0.15) is 39.5 Å². The second-order valence-corrected chi connectivity index (χ2v) is 12.2. The third kappa shape index (κ3) is 8.65. The molecule has 1 aliphatic carbocycles. The van der Waals surface area contributed by atoms with Gasteiger partial charge < -0.3 is 10.6 Å². The van der Waals surface area contributed by atoms with Crippen LogP contribution in [-0.2, 0) is 20.8 Å². The van der Waals surface area contributed by atoms with Gasteiger partial charge in [-0.3, -0.25) is 9.20 Å². The fourth-order valence-corrected chi connectivity index (χ4v) is 7.29. The van der Waals surface area contributed by atoms with Crippen molar-refractivity contribution in [2.75, 3.05) is 49.2 Å². The molecular formula is C17H35IN4O3S3. The number of rotatable bonds is 8. The molecule has 0 aromatic carbocycles. The van der Waals surface area contributed by atoms with E-state index in [1.165, 1.54) is 0 Å². The minimum Gasteiger partial charge on any atom is -0.357 e. The molecule has 2 fully saturated rings. The molecule has 0 aromatic heterocycles. The van der Waals surface area contributed by atoms with Gasteiger partial charge in [-0.1, -0.05) is 13.3 Å². The lowest BCUT2D eigenvalue weighted by Crippen LogP contribution is -2.47. The van der Waals surface area contributed by atoms with E-state index in [2.05, 4.69) is 15.6 Å². The zero-order chi connectivity index (χ0) is 19.7. The lowest BCUT2D eigenvalue weighted by atomic mass is 9.95. The van der Waals surface area contributed by atoms with E-state index in [4.69, 9.17) is 0 Å². The van der Waals surface area contributed by atoms with E-state index in [1.807, 2.05) is 13.8 Å². The maximum absolute atomic E-state index is 12.4. The number of nitrogens with one attached hydrogen (secondary N) is 2. The first-order chi connectivity index (χ1) is 13.0. The maximum atomic E-state index is 12.4. The van der Waals surface area contributed by atoms with Crippen LogP contribution in [0.5, 0.6) is 0 Å².